The SMILES string of the molecule is CSCCCNC(=O)OC(C)CO. The highest BCUT2D eigenvalue weighted by atomic mass is 32.2. The molecule has 0 aromatic rings. The van der Waals surface area contributed by atoms with Gasteiger partial charge in [0.15, 0.2) is 0 Å². The first-order valence-corrected chi connectivity index (χ1v) is 5.64. The molecule has 13 heavy (non-hydrogen) atoms. The number of aliphatic hydroxyl groups is 1. The summed E-state index contributed by atoms with van der Waals surface area (Å²) in [5.41, 5.74) is 0. The van der Waals surface area contributed by atoms with Crippen LogP contribution < -0.4 is 5.32 Å². The molecule has 5 heteroatoms. The molecule has 1 amide bonds. The molecule has 0 aromatic heterocycles. The lowest BCUT2D eigenvalue weighted by Gasteiger charge is -2.10. The summed E-state index contributed by atoms with van der Waals surface area (Å²) in [5, 5.41) is 11.2. The van der Waals surface area contributed by atoms with Crippen molar-refractivity contribution < 1.29 is 14.6 Å². The van der Waals surface area contributed by atoms with Crippen molar-refractivity contribution in [1.29, 1.82) is 0 Å². The fourth-order valence-electron chi connectivity index (χ4n) is 0.669. The zero-order valence-electron chi connectivity index (χ0n) is 8.08. The molecule has 0 aliphatic heterocycles. The van der Waals surface area contributed by atoms with Crippen molar-refractivity contribution in [3.05, 3.63) is 0 Å². The Morgan fingerprint density at radius 1 is 1.69 bits per heavy atom. The molecule has 1 unspecified atom stereocenters. The third-order valence-electron chi connectivity index (χ3n) is 1.36. The van der Waals surface area contributed by atoms with E-state index in [9.17, 15) is 4.79 Å². The fraction of sp³-hybridized carbons (Fsp3) is 0.875. The Kier molecular flexibility index (Phi) is 7.93. The highest BCUT2D eigenvalue weighted by Crippen LogP contribution is 1.94. The van der Waals surface area contributed by atoms with E-state index in [0.717, 1.165) is 12.2 Å². The molecule has 78 valence electrons. The smallest absolute Gasteiger partial charge is 0.407 e. The normalized spacial score (nSPS) is 12.2. The molecule has 0 aliphatic carbocycles. The van der Waals surface area contributed by atoms with Crippen LogP contribution in [0, 0.1) is 0 Å². The second-order valence-electron chi connectivity index (χ2n) is 2.67. The number of hydrogen-bond acceptors (Lipinski definition) is 4. The summed E-state index contributed by atoms with van der Waals surface area (Å²) in [6.07, 6.45) is 2.07. The molecule has 0 spiro atoms. The summed E-state index contributed by atoms with van der Waals surface area (Å²) in [7, 11) is 0. The zero-order valence-corrected chi connectivity index (χ0v) is 8.89. The first-order chi connectivity index (χ1) is 6.20. The number of thioether (sulfide) groups is 1. The maximum Gasteiger partial charge on any atom is 0.407 e. The summed E-state index contributed by atoms with van der Waals surface area (Å²) in [4.78, 5) is 10.9. The van der Waals surface area contributed by atoms with Gasteiger partial charge >= 0.3 is 6.09 Å². The fourth-order valence-corrected chi connectivity index (χ4v) is 1.10. The highest BCUT2D eigenvalue weighted by Gasteiger charge is 2.06. The van der Waals surface area contributed by atoms with Crippen molar-refractivity contribution in [2.45, 2.75) is 19.4 Å². The maximum atomic E-state index is 10.9. The minimum atomic E-state index is -0.456. The van der Waals surface area contributed by atoms with Gasteiger partial charge in [0.1, 0.15) is 6.10 Å². The van der Waals surface area contributed by atoms with Crippen LogP contribution in [0.2, 0.25) is 0 Å². The molecule has 4 nitrogen and oxygen atoms in total. The molecular formula is C8H17NO3S. The van der Waals surface area contributed by atoms with Gasteiger partial charge in [0.2, 0.25) is 0 Å². The molecule has 2 N–H and O–H groups in total. The zero-order chi connectivity index (χ0) is 10.1. The van der Waals surface area contributed by atoms with Gasteiger partial charge in [0, 0.05) is 6.54 Å². The molecule has 0 fully saturated rings. The lowest BCUT2D eigenvalue weighted by molar-refractivity contribution is 0.0682. The Hall–Kier alpha value is -0.420. The van der Waals surface area contributed by atoms with E-state index >= 15 is 0 Å². The van der Waals surface area contributed by atoms with E-state index in [-0.39, 0.29) is 6.61 Å². The van der Waals surface area contributed by atoms with Crippen molar-refractivity contribution in [3.63, 3.8) is 0 Å². The van der Waals surface area contributed by atoms with Crippen LogP contribution in [0.5, 0.6) is 0 Å². The summed E-state index contributed by atoms with van der Waals surface area (Å²) in [6, 6.07) is 0. The topological polar surface area (TPSA) is 58.6 Å². The Bertz CT molecular complexity index is 143. The number of amides is 1. The van der Waals surface area contributed by atoms with Crippen LogP contribution in [0.25, 0.3) is 0 Å². The molecule has 0 saturated heterocycles. The summed E-state index contributed by atoms with van der Waals surface area (Å²) in [5.74, 6) is 1.02. The van der Waals surface area contributed by atoms with Gasteiger partial charge in [-0.25, -0.2) is 4.79 Å². The van der Waals surface area contributed by atoms with E-state index < -0.39 is 12.2 Å². The van der Waals surface area contributed by atoms with E-state index in [2.05, 4.69) is 5.32 Å². The van der Waals surface area contributed by atoms with E-state index in [4.69, 9.17) is 9.84 Å². The lowest BCUT2D eigenvalue weighted by atomic mass is 10.4. The molecule has 0 heterocycles. The van der Waals surface area contributed by atoms with Gasteiger partial charge in [-0.2, -0.15) is 11.8 Å². The second-order valence-corrected chi connectivity index (χ2v) is 3.66. The van der Waals surface area contributed by atoms with Crippen LogP contribution in [0.4, 0.5) is 4.79 Å². The van der Waals surface area contributed by atoms with Gasteiger partial charge in [-0.05, 0) is 25.4 Å². The molecular weight excluding hydrogens is 190 g/mol. The number of carbonyl (C=O) groups excluding carboxylic acids is 1. The third-order valence-corrected chi connectivity index (χ3v) is 2.06. The number of nitrogens with one attached hydrogen (secondary N) is 1. The number of ether oxygens (including phenoxy) is 1. The summed E-state index contributed by atoms with van der Waals surface area (Å²) in [6.45, 7) is 2.12. The van der Waals surface area contributed by atoms with Crippen molar-refractivity contribution in [3.8, 4) is 0 Å². The van der Waals surface area contributed by atoms with Gasteiger partial charge in [-0.1, -0.05) is 0 Å². The standard InChI is InChI=1S/C8H17NO3S/c1-7(6-10)12-8(11)9-4-3-5-13-2/h7,10H,3-6H2,1-2H3,(H,9,11). The first kappa shape index (κ1) is 12.6. The van der Waals surface area contributed by atoms with Crippen LogP contribution in [0.3, 0.4) is 0 Å². The van der Waals surface area contributed by atoms with Crippen LogP contribution in [0.15, 0.2) is 0 Å². The Balaban J connectivity index is 3.30. The predicted octanol–water partition coefficient (Wildman–Crippen LogP) is 0.846. The Labute approximate surface area is 83.0 Å². The monoisotopic (exact) mass is 207 g/mol. The molecule has 0 bridgehead atoms. The molecule has 0 rings (SSSR count). The highest BCUT2D eigenvalue weighted by molar-refractivity contribution is 7.98. The van der Waals surface area contributed by atoms with Crippen molar-refractivity contribution in [2.24, 2.45) is 0 Å². The van der Waals surface area contributed by atoms with Gasteiger partial charge < -0.3 is 15.2 Å². The summed E-state index contributed by atoms with van der Waals surface area (Å²) < 4.78 is 4.77. The van der Waals surface area contributed by atoms with Gasteiger partial charge in [-0.3, -0.25) is 0 Å². The molecule has 1 atom stereocenters. The molecule has 0 radical (unpaired) electrons. The average molecular weight is 207 g/mol. The van der Waals surface area contributed by atoms with Crippen LogP contribution in [-0.2, 0) is 4.74 Å². The Morgan fingerprint density at radius 2 is 2.38 bits per heavy atom. The quantitative estimate of drug-likeness (QED) is 0.634. The van der Waals surface area contributed by atoms with Gasteiger partial charge in [0.25, 0.3) is 0 Å². The average Bonchev–Trinajstić information content (AvgIpc) is 2.12. The van der Waals surface area contributed by atoms with Crippen LogP contribution >= 0.6 is 11.8 Å². The second kappa shape index (κ2) is 8.19. The van der Waals surface area contributed by atoms with Gasteiger partial charge in [0.05, 0.1) is 6.61 Å². The minimum absolute atomic E-state index is 0.141. The number of carbonyl (C=O) groups is 1. The molecule has 0 aliphatic rings. The largest absolute Gasteiger partial charge is 0.444 e. The van der Waals surface area contributed by atoms with Gasteiger partial charge in [-0.15, -0.1) is 0 Å². The van der Waals surface area contributed by atoms with E-state index in [0.29, 0.717) is 6.54 Å². The summed E-state index contributed by atoms with van der Waals surface area (Å²) >= 11 is 1.74. The van der Waals surface area contributed by atoms with Crippen LogP contribution in [0.1, 0.15) is 13.3 Å². The number of alkyl carbamates (subject to hydrolysis) is 1. The van der Waals surface area contributed by atoms with E-state index in [1.54, 1.807) is 18.7 Å². The minimum Gasteiger partial charge on any atom is -0.444 e. The first-order valence-electron chi connectivity index (χ1n) is 4.25. The number of aliphatic hydroxyl groups excluding tert-OH is 1. The third kappa shape index (κ3) is 7.93. The predicted molar refractivity (Wildman–Crippen MR) is 54.0 cm³/mol. The lowest BCUT2D eigenvalue weighted by Crippen LogP contribution is -2.30. The maximum absolute atomic E-state index is 10.9. The Morgan fingerprint density at radius 3 is 2.92 bits per heavy atom. The van der Waals surface area contributed by atoms with E-state index in [1.807, 2.05) is 6.26 Å². The van der Waals surface area contributed by atoms with Crippen molar-refractivity contribution >= 4 is 17.9 Å². The number of hydrogen-bond donors (Lipinski definition) is 2. The molecule has 0 aromatic carbocycles. The number of rotatable bonds is 6. The van der Waals surface area contributed by atoms with Crippen molar-refractivity contribution in [1.82, 2.24) is 5.32 Å². The van der Waals surface area contributed by atoms with Crippen molar-refractivity contribution in [2.75, 3.05) is 25.2 Å². The molecule has 0 saturated carbocycles. The van der Waals surface area contributed by atoms with E-state index in [1.165, 1.54) is 0 Å². The van der Waals surface area contributed by atoms with Crippen LogP contribution in [-0.4, -0.2) is 42.5 Å².